The van der Waals surface area contributed by atoms with Crippen molar-refractivity contribution in [2.24, 2.45) is 0 Å². The highest BCUT2D eigenvalue weighted by Gasteiger charge is 2.48. The first-order valence-electron chi connectivity index (χ1n) is 11.9. The van der Waals surface area contributed by atoms with Gasteiger partial charge in [-0.1, -0.05) is 103 Å². The van der Waals surface area contributed by atoms with E-state index in [1.54, 1.807) is 6.20 Å². The lowest BCUT2D eigenvalue weighted by Gasteiger charge is -2.32. The molecule has 1 atom stereocenters. The Morgan fingerprint density at radius 3 is 2.17 bits per heavy atom. The summed E-state index contributed by atoms with van der Waals surface area (Å²) in [5, 5.41) is 1.64. The van der Waals surface area contributed by atoms with Crippen molar-refractivity contribution in [3.8, 4) is 22.4 Å². The summed E-state index contributed by atoms with van der Waals surface area (Å²) in [5.74, 6) is 0.701. The molecule has 7 rings (SSSR count). The highest BCUT2D eigenvalue weighted by Crippen LogP contribution is 2.55. The van der Waals surface area contributed by atoms with E-state index in [0.29, 0.717) is 16.5 Å². The molecule has 0 radical (unpaired) electrons. The second-order valence-electron chi connectivity index (χ2n) is 8.99. The summed E-state index contributed by atoms with van der Waals surface area (Å²) in [6, 6.07) is 39.4. The van der Waals surface area contributed by atoms with Crippen molar-refractivity contribution in [2.45, 2.75) is 5.41 Å². The summed E-state index contributed by atoms with van der Waals surface area (Å²) < 4.78 is 0. The average Bonchev–Trinajstić information content (AvgIpc) is 3.24. The van der Waals surface area contributed by atoms with E-state index < -0.39 is 5.41 Å². The normalized spacial score (nSPS) is 16.0. The molecule has 0 spiro atoms. The standard InChI is InChI=1S/C32H20ClN3/c33-23-17-18-28-26(20-23)24-14-7-8-16-27(24)32(28,22-12-5-2-6-13-22)31-35-29(21-10-3-1-4-11-21)25-15-9-19-34-30(25)36-31/h1-20H. The van der Waals surface area contributed by atoms with Crippen LogP contribution in [-0.4, -0.2) is 15.0 Å². The van der Waals surface area contributed by atoms with Crippen LogP contribution in [0.15, 0.2) is 121 Å². The highest BCUT2D eigenvalue weighted by atomic mass is 35.5. The van der Waals surface area contributed by atoms with E-state index in [-0.39, 0.29) is 0 Å². The molecule has 0 saturated heterocycles. The van der Waals surface area contributed by atoms with Crippen LogP contribution >= 0.6 is 11.6 Å². The number of hydrogen-bond acceptors (Lipinski definition) is 3. The first-order chi connectivity index (χ1) is 17.8. The van der Waals surface area contributed by atoms with E-state index in [1.165, 1.54) is 0 Å². The van der Waals surface area contributed by atoms with E-state index in [0.717, 1.165) is 44.5 Å². The average molecular weight is 482 g/mol. The molecule has 6 aromatic rings. The summed E-state index contributed by atoms with van der Waals surface area (Å²) in [4.78, 5) is 15.2. The molecule has 36 heavy (non-hydrogen) atoms. The monoisotopic (exact) mass is 481 g/mol. The minimum Gasteiger partial charge on any atom is -0.237 e. The van der Waals surface area contributed by atoms with Gasteiger partial charge in [-0.05, 0) is 52.1 Å². The van der Waals surface area contributed by atoms with Gasteiger partial charge in [0.05, 0.1) is 5.69 Å². The largest absolute Gasteiger partial charge is 0.237 e. The van der Waals surface area contributed by atoms with Gasteiger partial charge in [-0.15, -0.1) is 0 Å². The van der Waals surface area contributed by atoms with Gasteiger partial charge < -0.3 is 0 Å². The van der Waals surface area contributed by atoms with Gasteiger partial charge in [0.15, 0.2) is 11.5 Å². The third-order valence-electron chi connectivity index (χ3n) is 7.07. The fourth-order valence-corrected chi connectivity index (χ4v) is 5.74. The van der Waals surface area contributed by atoms with Gasteiger partial charge in [0.25, 0.3) is 0 Å². The molecule has 170 valence electrons. The molecule has 1 unspecified atom stereocenters. The summed E-state index contributed by atoms with van der Waals surface area (Å²) in [7, 11) is 0. The van der Waals surface area contributed by atoms with Gasteiger partial charge in [-0.3, -0.25) is 0 Å². The summed E-state index contributed by atoms with van der Waals surface area (Å²) >= 11 is 6.52. The zero-order valence-corrected chi connectivity index (χ0v) is 20.0. The Bertz CT molecular complexity index is 1750. The van der Waals surface area contributed by atoms with Crippen LogP contribution in [0.5, 0.6) is 0 Å². The van der Waals surface area contributed by atoms with Gasteiger partial charge in [0.1, 0.15) is 5.41 Å². The Morgan fingerprint density at radius 2 is 1.33 bits per heavy atom. The molecule has 2 heterocycles. The van der Waals surface area contributed by atoms with Crippen LogP contribution in [0.25, 0.3) is 33.4 Å². The number of aromatic nitrogens is 3. The third kappa shape index (κ3) is 2.96. The Morgan fingerprint density at radius 1 is 0.611 bits per heavy atom. The Hall–Kier alpha value is -4.34. The van der Waals surface area contributed by atoms with E-state index in [2.05, 4.69) is 77.8 Å². The fraction of sp³-hybridized carbons (Fsp3) is 0.0312. The lowest BCUT2D eigenvalue weighted by atomic mass is 9.71. The van der Waals surface area contributed by atoms with Crippen molar-refractivity contribution >= 4 is 22.6 Å². The van der Waals surface area contributed by atoms with Crippen LogP contribution < -0.4 is 0 Å². The molecule has 0 saturated carbocycles. The number of benzene rings is 4. The Kier molecular flexibility index (Phi) is 4.73. The molecule has 0 aliphatic heterocycles. The maximum atomic E-state index is 6.52. The van der Waals surface area contributed by atoms with Crippen LogP contribution in [0.1, 0.15) is 22.5 Å². The topological polar surface area (TPSA) is 38.7 Å². The molecular formula is C32H20ClN3. The number of hydrogen-bond donors (Lipinski definition) is 0. The lowest BCUT2D eigenvalue weighted by molar-refractivity contribution is 0.703. The molecule has 1 aliphatic rings. The summed E-state index contributed by atoms with van der Waals surface area (Å²) in [6.45, 7) is 0. The van der Waals surface area contributed by atoms with Crippen molar-refractivity contribution in [1.82, 2.24) is 15.0 Å². The van der Waals surface area contributed by atoms with Crippen molar-refractivity contribution in [2.75, 3.05) is 0 Å². The summed E-state index contributed by atoms with van der Waals surface area (Å²) in [5.41, 5.74) is 7.48. The first kappa shape index (κ1) is 21.0. The third-order valence-corrected chi connectivity index (χ3v) is 7.30. The van der Waals surface area contributed by atoms with Crippen molar-refractivity contribution in [3.63, 3.8) is 0 Å². The number of halogens is 1. The highest BCUT2D eigenvalue weighted by molar-refractivity contribution is 6.31. The van der Waals surface area contributed by atoms with E-state index >= 15 is 0 Å². The van der Waals surface area contributed by atoms with Crippen LogP contribution in [0.4, 0.5) is 0 Å². The summed E-state index contributed by atoms with van der Waals surface area (Å²) in [6.07, 6.45) is 1.79. The minimum absolute atomic E-state index is 0.677. The second-order valence-corrected chi connectivity index (χ2v) is 9.42. The van der Waals surface area contributed by atoms with Gasteiger partial charge in [0, 0.05) is 22.2 Å². The number of rotatable bonds is 3. The quantitative estimate of drug-likeness (QED) is 0.259. The maximum Gasteiger partial charge on any atom is 0.163 e. The van der Waals surface area contributed by atoms with Crippen LogP contribution in [0.2, 0.25) is 5.02 Å². The van der Waals surface area contributed by atoms with Crippen molar-refractivity contribution < 1.29 is 0 Å². The molecule has 1 aliphatic carbocycles. The van der Waals surface area contributed by atoms with Crippen LogP contribution in [0.3, 0.4) is 0 Å². The van der Waals surface area contributed by atoms with Gasteiger partial charge in [0.2, 0.25) is 0 Å². The molecule has 0 amide bonds. The lowest BCUT2D eigenvalue weighted by Crippen LogP contribution is -2.31. The zero-order chi connectivity index (χ0) is 24.1. The predicted molar refractivity (Wildman–Crippen MR) is 145 cm³/mol. The molecule has 4 aromatic carbocycles. The first-order valence-corrected chi connectivity index (χ1v) is 12.3. The Balaban J connectivity index is 1.66. The SMILES string of the molecule is Clc1ccc2c(c1)-c1ccccc1C2(c1ccccc1)c1nc(-c2ccccc2)c2cccnc2n1. The number of pyridine rings is 1. The van der Waals surface area contributed by atoms with Gasteiger partial charge in [-0.2, -0.15) is 0 Å². The van der Waals surface area contributed by atoms with Crippen molar-refractivity contribution in [3.05, 3.63) is 149 Å². The maximum absolute atomic E-state index is 6.52. The molecule has 3 nitrogen and oxygen atoms in total. The molecule has 4 heteroatoms. The minimum atomic E-state index is -0.715. The molecular weight excluding hydrogens is 462 g/mol. The molecule has 0 fully saturated rings. The van der Waals surface area contributed by atoms with Crippen molar-refractivity contribution in [1.29, 1.82) is 0 Å². The molecule has 0 N–H and O–H groups in total. The number of nitrogens with zero attached hydrogens (tertiary/aromatic N) is 3. The number of fused-ring (bicyclic) bond motifs is 4. The zero-order valence-electron chi connectivity index (χ0n) is 19.3. The van der Waals surface area contributed by atoms with E-state index in [4.69, 9.17) is 21.6 Å². The van der Waals surface area contributed by atoms with E-state index in [1.807, 2.05) is 42.5 Å². The predicted octanol–water partition coefficient (Wildman–Crippen LogP) is 7.71. The van der Waals surface area contributed by atoms with Crippen LogP contribution in [0, 0.1) is 0 Å². The van der Waals surface area contributed by atoms with E-state index in [9.17, 15) is 0 Å². The molecule has 0 bridgehead atoms. The van der Waals surface area contributed by atoms with Gasteiger partial charge >= 0.3 is 0 Å². The van der Waals surface area contributed by atoms with Crippen LogP contribution in [-0.2, 0) is 5.41 Å². The Labute approximate surface area is 214 Å². The smallest absolute Gasteiger partial charge is 0.163 e. The molecule has 2 aromatic heterocycles. The fourth-order valence-electron chi connectivity index (χ4n) is 5.57. The second kappa shape index (κ2) is 8.11. The van der Waals surface area contributed by atoms with Gasteiger partial charge in [-0.25, -0.2) is 15.0 Å².